The number of nitrogens with one attached hydrogen (secondary N) is 1. The summed E-state index contributed by atoms with van der Waals surface area (Å²) in [6, 6.07) is 8.49. The summed E-state index contributed by atoms with van der Waals surface area (Å²) >= 11 is 0. The van der Waals surface area contributed by atoms with Crippen LogP contribution in [-0.4, -0.2) is 60.9 Å². The largest absolute Gasteiger partial charge is 0.497 e. The van der Waals surface area contributed by atoms with E-state index in [9.17, 15) is 9.59 Å². The first-order valence-corrected chi connectivity index (χ1v) is 11.0. The highest BCUT2D eigenvalue weighted by Gasteiger charge is 2.29. The molecule has 0 unspecified atom stereocenters. The molecule has 29 heavy (non-hydrogen) atoms. The number of amides is 2. The molecule has 3 rings (SSSR count). The van der Waals surface area contributed by atoms with E-state index in [2.05, 4.69) is 22.3 Å². The monoisotopic (exact) mass is 401 g/mol. The van der Waals surface area contributed by atoms with Crippen LogP contribution in [-0.2, 0) is 16.1 Å². The van der Waals surface area contributed by atoms with Crippen LogP contribution in [0.15, 0.2) is 24.3 Å². The quantitative estimate of drug-likeness (QED) is 0.763. The first-order valence-electron chi connectivity index (χ1n) is 11.0. The lowest BCUT2D eigenvalue weighted by atomic mass is 9.94. The van der Waals surface area contributed by atoms with Crippen molar-refractivity contribution in [3.8, 4) is 5.75 Å². The van der Waals surface area contributed by atoms with Gasteiger partial charge in [0.1, 0.15) is 5.75 Å². The summed E-state index contributed by atoms with van der Waals surface area (Å²) in [5.41, 5.74) is 1.26. The Bertz CT molecular complexity index is 678. The number of nitrogens with zero attached hydrogens (tertiary/aromatic N) is 2. The highest BCUT2D eigenvalue weighted by molar-refractivity contribution is 5.80. The molecular weight excluding hydrogens is 366 g/mol. The first kappa shape index (κ1) is 21.6. The van der Waals surface area contributed by atoms with Crippen LogP contribution in [0.5, 0.6) is 5.75 Å². The van der Waals surface area contributed by atoms with E-state index >= 15 is 0 Å². The molecule has 2 saturated heterocycles. The molecule has 0 aromatic heterocycles. The Morgan fingerprint density at radius 1 is 1.10 bits per heavy atom. The predicted octanol–water partition coefficient (Wildman–Crippen LogP) is 2.81. The van der Waals surface area contributed by atoms with Crippen molar-refractivity contribution in [2.24, 2.45) is 5.92 Å². The molecule has 0 saturated carbocycles. The van der Waals surface area contributed by atoms with Crippen LogP contribution >= 0.6 is 0 Å². The van der Waals surface area contributed by atoms with E-state index in [4.69, 9.17) is 4.74 Å². The first-order chi connectivity index (χ1) is 14.1. The van der Waals surface area contributed by atoms with Gasteiger partial charge in [-0.3, -0.25) is 14.5 Å². The third kappa shape index (κ3) is 6.20. The van der Waals surface area contributed by atoms with Crippen molar-refractivity contribution in [1.29, 1.82) is 0 Å². The van der Waals surface area contributed by atoms with Gasteiger partial charge in [-0.15, -0.1) is 0 Å². The van der Waals surface area contributed by atoms with Gasteiger partial charge in [0.15, 0.2) is 0 Å². The number of ether oxygens (including phenoxy) is 1. The summed E-state index contributed by atoms with van der Waals surface area (Å²) in [5.74, 6) is 1.36. The van der Waals surface area contributed by atoms with E-state index in [1.807, 2.05) is 24.0 Å². The normalized spacial score (nSPS) is 19.2. The van der Waals surface area contributed by atoms with Gasteiger partial charge in [0.25, 0.3) is 0 Å². The number of benzene rings is 1. The van der Waals surface area contributed by atoms with Gasteiger partial charge in [0.05, 0.1) is 7.11 Å². The number of rotatable bonds is 7. The lowest BCUT2D eigenvalue weighted by Gasteiger charge is -2.35. The van der Waals surface area contributed by atoms with Gasteiger partial charge < -0.3 is 15.0 Å². The van der Waals surface area contributed by atoms with Crippen LogP contribution in [0.4, 0.5) is 0 Å². The van der Waals surface area contributed by atoms with Gasteiger partial charge in [-0.2, -0.15) is 0 Å². The maximum Gasteiger partial charge on any atom is 0.223 e. The van der Waals surface area contributed by atoms with Crippen molar-refractivity contribution in [1.82, 2.24) is 15.1 Å². The third-order valence-electron chi connectivity index (χ3n) is 6.16. The van der Waals surface area contributed by atoms with Crippen molar-refractivity contribution in [3.05, 3.63) is 29.8 Å². The number of likely N-dealkylation sites (tertiary alicyclic amines) is 2. The lowest BCUT2D eigenvalue weighted by molar-refractivity contribution is -0.136. The molecular formula is C23H35N3O3. The second-order valence-electron chi connectivity index (χ2n) is 8.32. The van der Waals surface area contributed by atoms with Gasteiger partial charge in [0.2, 0.25) is 11.8 Å². The molecule has 2 fully saturated rings. The number of carbonyl (C=O) groups excluding carboxylic acids is 2. The zero-order chi connectivity index (χ0) is 20.6. The summed E-state index contributed by atoms with van der Waals surface area (Å²) in [6.45, 7) is 6.37. The van der Waals surface area contributed by atoms with Crippen molar-refractivity contribution < 1.29 is 14.3 Å². The summed E-state index contributed by atoms with van der Waals surface area (Å²) in [7, 11) is 1.69. The van der Waals surface area contributed by atoms with Crippen LogP contribution < -0.4 is 10.1 Å². The Labute approximate surface area is 174 Å². The third-order valence-corrected chi connectivity index (χ3v) is 6.16. The molecule has 0 atom stereocenters. The van der Waals surface area contributed by atoms with Gasteiger partial charge in [-0.05, 0) is 49.8 Å². The zero-order valence-electron chi connectivity index (χ0n) is 17.9. The molecule has 1 N–H and O–H groups in total. The smallest absolute Gasteiger partial charge is 0.223 e. The minimum Gasteiger partial charge on any atom is -0.497 e. The molecule has 6 heteroatoms. The average molecular weight is 402 g/mol. The number of carbonyl (C=O) groups is 2. The Morgan fingerprint density at radius 3 is 2.48 bits per heavy atom. The number of hydrogen-bond acceptors (Lipinski definition) is 4. The molecule has 0 bridgehead atoms. The molecule has 0 aliphatic carbocycles. The van der Waals surface area contributed by atoms with E-state index in [1.165, 1.54) is 5.56 Å². The maximum atomic E-state index is 12.7. The van der Waals surface area contributed by atoms with Crippen LogP contribution in [0.25, 0.3) is 0 Å². The lowest BCUT2D eigenvalue weighted by Crippen LogP contribution is -2.48. The summed E-state index contributed by atoms with van der Waals surface area (Å²) in [6.07, 6.45) is 5.06. The average Bonchev–Trinajstić information content (AvgIpc) is 2.75. The Morgan fingerprint density at radius 2 is 1.83 bits per heavy atom. The molecule has 2 aliphatic rings. The maximum absolute atomic E-state index is 12.7. The van der Waals surface area contributed by atoms with Crippen LogP contribution in [0, 0.1) is 5.92 Å². The number of methoxy groups -OCH3 is 1. The molecule has 0 spiro atoms. The highest BCUT2D eigenvalue weighted by Crippen LogP contribution is 2.21. The predicted molar refractivity (Wildman–Crippen MR) is 114 cm³/mol. The molecule has 2 amide bonds. The zero-order valence-corrected chi connectivity index (χ0v) is 17.9. The Kier molecular flexibility index (Phi) is 7.92. The van der Waals surface area contributed by atoms with Gasteiger partial charge in [-0.1, -0.05) is 19.1 Å². The Balaban J connectivity index is 1.38. The molecule has 160 valence electrons. The molecule has 2 aliphatic heterocycles. The van der Waals surface area contributed by atoms with Gasteiger partial charge >= 0.3 is 0 Å². The molecule has 2 heterocycles. The van der Waals surface area contributed by atoms with Gasteiger partial charge in [0, 0.05) is 51.1 Å². The summed E-state index contributed by atoms with van der Waals surface area (Å²) in [4.78, 5) is 29.0. The summed E-state index contributed by atoms with van der Waals surface area (Å²) in [5, 5.41) is 3.27. The van der Waals surface area contributed by atoms with Crippen molar-refractivity contribution >= 4 is 11.8 Å². The summed E-state index contributed by atoms with van der Waals surface area (Å²) < 4.78 is 5.31. The van der Waals surface area contributed by atoms with Gasteiger partial charge in [-0.25, -0.2) is 0 Å². The number of piperidine rings is 2. The Hall–Kier alpha value is -2.08. The second kappa shape index (κ2) is 10.6. The number of hydrogen-bond donors (Lipinski definition) is 1. The van der Waals surface area contributed by atoms with E-state index in [0.29, 0.717) is 6.42 Å². The minimum absolute atomic E-state index is 0.0514. The van der Waals surface area contributed by atoms with Crippen LogP contribution in [0.3, 0.4) is 0 Å². The van der Waals surface area contributed by atoms with Crippen LogP contribution in [0.1, 0.15) is 51.0 Å². The fourth-order valence-electron chi connectivity index (χ4n) is 4.35. The molecule has 1 aromatic rings. The highest BCUT2D eigenvalue weighted by atomic mass is 16.5. The van der Waals surface area contributed by atoms with Crippen molar-refractivity contribution in [3.63, 3.8) is 0 Å². The fourth-order valence-corrected chi connectivity index (χ4v) is 4.35. The molecule has 1 aromatic carbocycles. The van der Waals surface area contributed by atoms with E-state index in [0.717, 1.165) is 70.6 Å². The van der Waals surface area contributed by atoms with Crippen LogP contribution in [0.2, 0.25) is 0 Å². The SMILES string of the molecule is CCCC(=O)N1CCC(C(=O)NC2CCN(Cc3cccc(OC)c3)CC2)CC1. The molecule has 6 nitrogen and oxygen atoms in total. The van der Waals surface area contributed by atoms with E-state index in [1.54, 1.807) is 7.11 Å². The van der Waals surface area contributed by atoms with E-state index < -0.39 is 0 Å². The second-order valence-corrected chi connectivity index (χ2v) is 8.32. The molecule has 0 radical (unpaired) electrons. The van der Waals surface area contributed by atoms with Crippen molar-refractivity contribution in [2.45, 2.75) is 58.0 Å². The minimum atomic E-state index is 0.0514. The van der Waals surface area contributed by atoms with E-state index in [-0.39, 0.29) is 23.8 Å². The topological polar surface area (TPSA) is 61.9 Å². The van der Waals surface area contributed by atoms with Crippen molar-refractivity contribution in [2.75, 3.05) is 33.3 Å². The fraction of sp³-hybridized carbons (Fsp3) is 0.652. The standard InChI is InChI=1S/C23H35N3O3/c1-3-5-22(27)26-14-8-19(9-15-26)23(28)24-20-10-12-25(13-11-20)17-18-6-4-7-21(16-18)29-2/h4,6-7,16,19-20H,3,5,8-15,17H2,1-2H3,(H,24,28).